The highest BCUT2D eigenvalue weighted by atomic mass is 16.2. The van der Waals surface area contributed by atoms with E-state index in [1.165, 1.54) is 27.6 Å². The number of carbonyl (C=O) groups is 1. The summed E-state index contributed by atoms with van der Waals surface area (Å²) in [6, 6.07) is 22.8. The number of carbonyl (C=O) groups excluding carboxylic acids is 1. The molecule has 1 saturated heterocycles. The molecular weight excluding hydrogens is 570 g/mol. The quantitative estimate of drug-likeness (QED) is 0.149. The summed E-state index contributed by atoms with van der Waals surface area (Å²) in [6.45, 7) is 1.53. The average molecular weight is 610 g/mol. The fraction of sp³-hybridized carbons (Fsp3) is 0.289. The van der Waals surface area contributed by atoms with E-state index < -0.39 is 0 Å². The van der Waals surface area contributed by atoms with Crippen LogP contribution in [0.2, 0.25) is 0 Å². The summed E-state index contributed by atoms with van der Waals surface area (Å²) in [5.41, 5.74) is 8.61. The second kappa shape index (κ2) is 12.4. The summed E-state index contributed by atoms with van der Waals surface area (Å²) in [5, 5.41) is 18.9. The van der Waals surface area contributed by atoms with Crippen molar-refractivity contribution in [1.82, 2.24) is 35.4 Å². The molecule has 8 nitrogen and oxygen atoms in total. The molecule has 232 valence electrons. The van der Waals surface area contributed by atoms with Gasteiger partial charge in [0.15, 0.2) is 5.82 Å². The summed E-state index contributed by atoms with van der Waals surface area (Å²) in [6.07, 6.45) is 14.8. The lowest BCUT2D eigenvalue weighted by Gasteiger charge is -2.23. The van der Waals surface area contributed by atoms with E-state index in [1.807, 2.05) is 6.07 Å². The number of nitrogens with zero attached hydrogens (tertiary/aromatic N) is 3. The molecule has 3 aromatic carbocycles. The minimum absolute atomic E-state index is 0.0273. The van der Waals surface area contributed by atoms with E-state index in [4.69, 9.17) is 10.2 Å². The third-order valence-electron chi connectivity index (χ3n) is 9.75. The zero-order valence-corrected chi connectivity index (χ0v) is 25.9. The van der Waals surface area contributed by atoms with Gasteiger partial charge in [-0.3, -0.25) is 4.79 Å². The molecule has 4 heterocycles. The Morgan fingerprint density at radius 2 is 1.67 bits per heavy atom. The highest BCUT2D eigenvalue weighted by Gasteiger charge is 2.29. The lowest BCUT2D eigenvalue weighted by Crippen LogP contribution is -2.43. The van der Waals surface area contributed by atoms with Crippen LogP contribution < -0.4 is 10.6 Å². The number of H-pyrrole nitrogens is 2. The van der Waals surface area contributed by atoms with Crippen molar-refractivity contribution in [3.8, 4) is 0 Å². The molecule has 1 aliphatic heterocycles. The van der Waals surface area contributed by atoms with E-state index in [0.717, 1.165) is 78.7 Å². The Bertz CT molecular complexity index is 2040. The molecule has 8 heteroatoms. The van der Waals surface area contributed by atoms with E-state index in [1.54, 1.807) is 0 Å². The number of aromatic amines is 2. The van der Waals surface area contributed by atoms with Gasteiger partial charge in [0.25, 0.3) is 0 Å². The van der Waals surface area contributed by atoms with Crippen LogP contribution in [0.3, 0.4) is 0 Å². The van der Waals surface area contributed by atoms with Crippen molar-refractivity contribution < 1.29 is 4.79 Å². The first-order valence-electron chi connectivity index (χ1n) is 16.5. The molecule has 0 spiro atoms. The number of allylic oxidation sites excluding steroid dienone is 1. The fourth-order valence-electron chi connectivity index (χ4n) is 7.33. The molecule has 1 amide bonds. The molecule has 0 saturated carbocycles. The van der Waals surface area contributed by atoms with Crippen molar-refractivity contribution in [3.63, 3.8) is 0 Å². The average Bonchev–Trinajstić information content (AvgIpc) is 3.91. The summed E-state index contributed by atoms with van der Waals surface area (Å²) < 4.78 is 2.28. The number of fused-ring (bicyclic) bond motifs is 3. The molecule has 1 aliphatic carbocycles. The Balaban J connectivity index is 1.19. The number of hydrogen-bond acceptors (Lipinski definition) is 4. The first kappa shape index (κ1) is 28.5. The van der Waals surface area contributed by atoms with Crippen LogP contribution in [0, 0.1) is 0 Å². The lowest BCUT2D eigenvalue weighted by molar-refractivity contribution is -0.123. The minimum atomic E-state index is -0.345. The van der Waals surface area contributed by atoms with Crippen LogP contribution in [0.4, 0.5) is 0 Å². The molecule has 0 unspecified atom stereocenters. The molecule has 2 aliphatic rings. The Morgan fingerprint density at radius 3 is 2.48 bits per heavy atom. The summed E-state index contributed by atoms with van der Waals surface area (Å²) in [4.78, 5) is 20.5. The van der Waals surface area contributed by atoms with Gasteiger partial charge in [-0.15, -0.1) is 10.2 Å². The largest absolute Gasteiger partial charge is 0.361 e. The Kier molecular flexibility index (Phi) is 7.72. The van der Waals surface area contributed by atoms with Crippen LogP contribution in [-0.4, -0.2) is 43.2 Å². The highest BCUT2D eigenvalue weighted by molar-refractivity contribution is 5.85. The van der Waals surface area contributed by atoms with E-state index in [-0.39, 0.29) is 18.0 Å². The van der Waals surface area contributed by atoms with E-state index >= 15 is 0 Å². The second-order valence-electron chi connectivity index (χ2n) is 12.6. The second-order valence-corrected chi connectivity index (χ2v) is 12.6. The van der Waals surface area contributed by atoms with Gasteiger partial charge >= 0.3 is 0 Å². The molecule has 3 aromatic heterocycles. The van der Waals surface area contributed by atoms with Crippen LogP contribution in [0.1, 0.15) is 64.8 Å². The smallest absolute Gasteiger partial charge is 0.237 e. The van der Waals surface area contributed by atoms with Crippen LogP contribution in [0.5, 0.6) is 0 Å². The van der Waals surface area contributed by atoms with Crippen molar-refractivity contribution >= 4 is 33.8 Å². The summed E-state index contributed by atoms with van der Waals surface area (Å²) in [5.74, 6) is 1.76. The zero-order chi connectivity index (χ0) is 30.9. The topological polar surface area (TPSA) is 103 Å². The number of aromatic nitrogens is 5. The van der Waals surface area contributed by atoms with Gasteiger partial charge in [0.05, 0.1) is 18.6 Å². The predicted octanol–water partition coefficient (Wildman–Crippen LogP) is 6.19. The minimum Gasteiger partial charge on any atom is -0.361 e. The molecule has 4 N–H and O–H groups in total. The van der Waals surface area contributed by atoms with Gasteiger partial charge in [0.1, 0.15) is 5.82 Å². The normalized spacial score (nSPS) is 16.7. The summed E-state index contributed by atoms with van der Waals surface area (Å²) in [7, 11) is 0. The van der Waals surface area contributed by atoms with Gasteiger partial charge in [0.2, 0.25) is 5.91 Å². The fourth-order valence-corrected chi connectivity index (χ4v) is 7.33. The van der Waals surface area contributed by atoms with E-state index in [9.17, 15) is 4.79 Å². The lowest BCUT2D eigenvalue weighted by atomic mass is 9.92. The molecule has 8 rings (SSSR count). The number of benzene rings is 3. The monoisotopic (exact) mass is 609 g/mol. The molecule has 6 aromatic rings. The standard InChI is InChI=1S/C38H39N7O/c46-38(34-17-8-20-39-34)42-35(21-28-23-41-33-16-6-4-14-31(28)33)37-44-43-36(19-18-26-22-40-32-15-5-3-13-30(26)32)45(37)24-27-11-7-10-25-9-1-2-12-29(25)27/h1,3-7,9-11,13-16,22-23,34-35,39-41H,2,8,12,17-21,24H2,(H,42,46)/t34-,35+/m0/s1. The Morgan fingerprint density at radius 1 is 0.891 bits per heavy atom. The van der Waals surface area contributed by atoms with Gasteiger partial charge in [-0.2, -0.15) is 0 Å². The van der Waals surface area contributed by atoms with E-state index in [0.29, 0.717) is 13.0 Å². The van der Waals surface area contributed by atoms with Crippen molar-refractivity contribution in [3.05, 3.63) is 125 Å². The maximum absolute atomic E-state index is 13.6. The van der Waals surface area contributed by atoms with Crippen molar-refractivity contribution in [1.29, 1.82) is 0 Å². The molecular formula is C38H39N7O. The van der Waals surface area contributed by atoms with Crippen molar-refractivity contribution in [2.45, 2.75) is 63.6 Å². The number of para-hydroxylation sites is 2. The maximum atomic E-state index is 13.6. The third-order valence-corrected chi connectivity index (χ3v) is 9.75. The van der Waals surface area contributed by atoms with Gasteiger partial charge in [-0.25, -0.2) is 0 Å². The first-order chi connectivity index (χ1) is 22.7. The number of rotatable bonds is 10. The van der Waals surface area contributed by atoms with Crippen LogP contribution in [0.15, 0.2) is 85.2 Å². The maximum Gasteiger partial charge on any atom is 0.237 e. The SMILES string of the molecule is O=C(N[C@H](Cc1c[nH]c2ccccc12)c1nnc(CCc2c[nH]c3ccccc23)n1Cc1cccc2c1CCC=C2)[C@@H]1CCCN1. The number of nitrogens with one attached hydrogen (secondary N) is 4. The van der Waals surface area contributed by atoms with Crippen LogP contribution in [0.25, 0.3) is 27.9 Å². The van der Waals surface area contributed by atoms with Crippen molar-refractivity contribution in [2.75, 3.05) is 6.54 Å². The van der Waals surface area contributed by atoms with E-state index in [2.05, 4.69) is 110 Å². The summed E-state index contributed by atoms with van der Waals surface area (Å²) >= 11 is 0. The molecule has 1 fully saturated rings. The molecule has 2 atom stereocenters. The van der Waals surface area contributed by atoms with Crippen molar-refractivity contribution in [2.24, 2.45) is 0 Å². The Labute approximate surface area is 268 Å². The first-order valence-corrected chi connectivity index (χ1v) is 16.5. The van der Waals surface area contributed by atoms with Gasteiger partial charge in [0, 0.05) is 47.0 Å². The highest BCUT2D eigenvalue weighted by Crippen LogP contribution is 2.29. The third kappa shape index (κ3) is 5.54. The van der Waals surface area contributed by atoms with Gasteiger partial charge in [-0.05, 0) is 78.6 Å². The zero-order valence-electron chi connectivity index (χ0n) is 25.9. The number of aryl methyl sites for hydroxylation is 2. The Hall–Kier alpha value is -4.95. The number of amides is 1. The van der Waals surface area contributed by atoms with Crippen LogP contribution >= 0.6 is 0 Å². The molecule has 0 radical (unpaired) electrons. The molecule has 46 heavy (non-hydrogen) atoms. The number of hydrogen-bond donors (Lipinski definition) is 4. The predicted molar refractivity (Wildman–Crippen MR) is 183 cm³/mol. The van der Waals surface area contributed by atoms with Gasteiger partial charge < -0.3 is 25.2 Å². The molecule has 0 bridgehead atoms. The van der Waals surface area contributed by atoms with Crippen LogP contribution in [-0.2, 0) is 37.0 Å². The van der Waals surface area contributed by atoms with Gasteiger partial charge in [-0.1, -0.05) is 66.7 Å².